The molecule has 1 unspecified atom stereocenters. The largest absolute Gasteiger partial charge is 0.416 e. The summed E-state index contributed by atoms with van der Waals surface area (Å²) in [5.74, 6) is -0.495. The zero-order valence-electron chi connectivity index (χ0n) is 11.6. The lowest BCUT2D eigenvalue weighted by Crippen LogP contribution is -2.36. The molecule has 0 amide bonds. The fraction of sp³-hybridized carbons (Fsp3) is 0.667. The summed E-state index contributed by atoms with van der Waals surface area (Å²) in [4.78, 5) is 15.3. The van der Waals surface area contributed by atoms with Crippen LogP contribution in [-0.2, 0) is 11.2 Å². The summed E-state index contributed by atoms with van der Waals surface area (Å²) in [5.41, 5.74) is -0.777. The monoisotopic (exact) mass is 322 g/mol. The summed E-state index contributed by atoms with van der Waals surface area (Å²) in [6.45, 7) is -2.03. The van der Waals surface area contributed by atoms with Crippen LogP contribution in [0.5, 0.6) is 5.88 Å². The molecule has 0 bridgehead atoms. The number of aryl methyl sites for hydroxylation is 1. The average Bonchev–Trinajstić information content (AvgIpc) is 2.75. The third-order valence-electron chi connectivity index (χ3n) is 3.36. The molecule has 0 aliphatic carbocycles. The van der Waals surface area contributed by atoms with Gasteiger partial charge in [0, 0.05) is 11.8 Å². The molecule has 0 aromatic carbocycles. The van der Waals surface area contributed by atoms with Gasteiger partial charge in [-0.1, -0.05) is 6.92 Å². The molecule has 2 heterocycles. The molecule has 1 aromatic heterocycles. The number of aliphatic hydroxyl groups excluding tert-OH is 3. The number of rotatable bonds is 5. The number of ether oxygens (including phenoxy) is 2. The molecule has 124 valence electrons. The molecule has 1 aliphatic heterocycles. The molecule has 0 saturated carbocycles. The second-order valence-corrected chi connectivity index (χ2v) is 4.72. The number of halogens is 2. The second kappa shape index (κ2) is 6.65. The van der Waals surface area contributed by atoms with Crippen LogP contribution in [0.2, 0.25) is 0 Å². The SMILES string of the molecule is CCc1cn(C2O[C@H](CO)[C@@H](O)[C@@H]2O)c(=O)nc1OC(F)F. The van der Waals surface area contributed by atoms with E-state index >= 15 is 0 Å². The standard InChI is InChI=1S/C12H16F2N2O6/c1-2-5-3-16(12(20)15-9(5)22-11(13)14)10-8(19)7(18)6(4-17)21-10/h3,6-8,10-11,17-19H,2,4H2,1H3/t6-,7-,8+,10?/m1/s1. The lowest BCUT2D eigenvalue weighted by atomic mass is 10.1. The third kappa shape index (κ3) is 3.09. The summed E-state index contributed by atoms with van der Waals surface area (Å²) >= 11 is 0. The van der Waals surface area contributed by atoms with Crippen molar-refractivity contribution in [1.29, 1.82) is 0 Å². The van der Waals surface area contributed by atoms with Gasteiger partial charge in [-0.3, -0.25) is 4.57 Å². The molecule has 2 rings (SSSR count). The van der Waals surface area contributed by atoms with Gasteiger partial charge >= 0.3 is 12.3 Å². The Morgan fingerprint density at radius 3 is 2.64 bits per heavy atom. The smallest absolute Gasteiger partial charge is 0.388 e. The normalized spacial score (nSPS) is 28.3. The van der Waals surface area contributed by atoms with Crippen LogP contribution in [-0.4, -0.2) is 56.4 Å². The molecule has 4 atom stereocenters. The Morgan fingerprint density at radius 1 is 1.45 bits per heavy atom. The number of aromatic nitrogens is 2. The molecule has 3 N–H and O–H groups in total. The summed E-state index contributed by atoms with van der Waals surface area (Å²) < 4.78 is 34.8. The van der Waals surface area contributed by atoms with E-state index in [9.17, 15) is 23.8 Å². The Hall–Kier alpha value is -1.62. The summed E-state index contributed by atoms with van der Waals surface area (Å²) in [6, 6.07) is 0. The topological polar surface area (TPSA) is 114 Å². The van der Waals surface area contributed by atoms with Gasteiger partial charge in [0.2, 0.25) is 5.88 Å². The van der Waals surface area contributed by atoms with Gasteiger partial charge in [-0.25, -0.2) is 4.79 Å². The van der Waals surface area contributed by atoms with E-state index in [-0.39, 0.29) is 12.0 Å². The highest BCUT2D eigenvalue weighted by Gasteiger charge is 2.44. The first-order chi connectivity index (χ1) is 10.4. The molecule has 10 heteroatoms. The van der Waals surface area contributed by atoms with Gasteiger partial charge in [0.05, 0.1) is 6.61 Å². The van der Waals surface area contributed by atoms with Crippen molar-refractivity contribution in [2.45, 2.75) is 44.5 Å². The van der Waals surface area contributed by atoms with Crippen LogP contribution in [0.1, 0.15) is 18.7 Å². The number of hydrogen-bond donors (Lipinski definition) is 3. The molecule has 0 radical (unpaired) electrons. The molecule has 0 spiro atoms. The van der Waals surface area contributed by atoms with Gasteiger partial charge in [-0.05, 0) is 6.42 Å². The third-order valence-corrected chi connectivity index (χ3v) is 3.36. The van der Waals surface area contributed by atoms with Crippen LogP contribution >= 0.6 is 0 Å². The first kappa shape index (κ1) is 16.7. The van der Waals surface area contributed by atoms with E-state index in [4.69, 9.17) is 9.84 Å². The van der Waals surface area contributed by atoms with E-state index in [0.717, 1.165) is 4.57 Å². The van der Waals surface area contributed by atoms with E-state index in [1.807, 2.05) is 0 Å². The molecular weight excluding hydrogens is 306 g/mol. The minimum Gasteiger partial charge on any atom is -0.416 e. The maximum atomic E-state index is 12.3. The van der Waals surface area contributed by atoms with E-state index in [2.05, 4.69) is 9.72 Å². The summed E-state index contributed by atoms with van der Waals surface area (Å²) in [5, 5.41) is 28.6. The molecule has 1 saturated heterocycles. The van der Waals surface area contributed by atoms with E-state index < -0.39 is 49.3 Å². The van der Waals surface area contributed by atoms with Gasteiger partial charge in [0.15, 0.2) is 6.23 Å². The minimum absolute atomic E-state index is 0.206. The van der Waals surface area contributed by atoms with E-state index in [0.29, 0.717) is 0 Å². The van der Waals surface area contributed by atoms with E-state index in [1.165, 1.54) is 6.20 Å². The highest BCUT2D eigenvalue weighted by atomic mass is 19.3. The Kier molecular flexibility index (Phi) is 5.06. The number of hydrogen-bond acceptors (Lipinski definition) is 7. The van der Waals surface area contributed by atoms with Gasteiger partial charge in [0.25, 0.3) is 0 Å². The van der Waals surface area contributed by atoms with Gasteiger partial charge in [-0.15, -0.1) is 0 Å². The first-order valence-electron chi connectivity index (χ1n) is 6.58. The van der Waals surface area contributed by atoms with Gasteiger partial charge in [-0.2, -0.15) is 13.8 Å². The van der Waals surface area contributed by atoms with Crippen molar-refractivity contribution >= 4 is 0 Å². The fourth-order valence-electron chi connectivity index (χ4n) is 2.22. The Balaban J connectivity index is 2.38. The zero-order chi connectivity index (χ0) is 16.4. The van der Waals surface area contributed by atoms with Crippen molar-refractivity contribution in [3.63, 3.8) is 0 Å². The van der Waals surface area contributed by atoms with Crippen LogP contribution in [0, 0.1) is 0 Å². The molecule has 1 aliphatic rings. The van der Waals surface area contributed by atoms with Gasteiger partial charge < -0.3 is 24.8 Å². The molecule has 1 fully saturated rings. The first-order valence-corrected chi connectivity index (χ1v) is 6.58. The molecule has 22 heavy (non-hydrogen) atoms. The lowest BCUT2D eigenvalue weighted by molar-refractivity contribution is -0.0598. The van der Waals surface area contributed by atoms with Crippen molar-refractivity contribution < 1.29 is 33.6 Å². The minimum atomic E-state index is -3.12. The van der Waals surface area contributed by atoms with Crippen LogP contribution in [0.3, 0.4) is 0 Å². The highest BCUT2D eigenvalue weighted by molar-refractivity contribution is 5.23. The van der Waals surface area contributed by atoms with Crippen molar-refractivity contribution in [3.8, 4) is 5.88 Å². The zero-order valence-corrected chi connectivity index (χ0v) is 11.6. The van der Waals surface area contributed by atoms with E-state index in [1.54, 1.807) is 6.92 Å². The maximum Gasteiger partial charge on any atom is 0.388 e. The van der Waals surface area contributed by atoms with Crippen molar-refractivity contribution in [1.82, 2.24) is 9.55 Å². The number of aliphatic hydroxyl groups is 3. The van der Waals surface area contributed by atoms with Crippen molar-refractivity contribution in [3.05, 3.63) is 22.2 Å². The van der Waals surface area contributed by atoms with Crippen LogP contribution in [0.4, 0.5) is 8.78 Å². The van der Waals surface area contributed by atoms with Crippen molar-refractivity contribution in [2.75, 3.05) is 6.61 Å². The second-order valence-electron chi connectivity index (χ2n) is 4.72. The predicted molar refractivity (Wildman–Crippen MR) is 67.5 cm³/mol. The lowest BCUT2D eigenvalue weighted by Gasteiger charge is -2.19. The maximum absolute atomic E-state index is 12.3. The van der Waals surface area contributed by atoms with Crippen LogP contribution in [0.15, 0.2) is 11.0 Å². The summed E-state index contributed by atoms with van der Waals surface area (Å²) in [6.07, 6.45) is -3.78. The average molecular weight is 322 g/mol. The molecular formula is C12H16F2N2O6. The van der Waals surface area contributed by atoms with Crippen LogP contribution < -0.4 is 10.4 Å². The fourth-order valence-corrected chi connectivity index (χ4v) is 2.22. The summed E-state index contributed by atoms with van der Waals surface area (Å²) in [7, 11) is 0. The highest BCUT2D eigenvalue weighted by Crippen LogP contribution is 2.29. The quantitative estimate of drug-likeness (QED) is 0.638. The Morgan fingerprint density at radius 2 is 2.14 bits per heavy atom. The van der Waals surface area contributed by atoms with Crippen molar-refractivity contribution in [2.24, 2.45) is 0 Å². The number of alkyl halides is 2. The Bertz CT molecular complexity index is 581. The Labute approximate surface area is 123 Å². The van der Waals surface area contributed by atoms with Gasteiger partial charge in [0.1, 0.15) is 18.3 Å². The predicted octanol–water partition coefficient (Wildman–Crippen LogP) is -0.981. The molecule has 8 nitrogen and oxygen atoms in total. The number of nitrogens with zero attached hydrogens (tertiary/aromatic N) is 2. The molecule has 1 aromatic rings. The van der Waals surface area contributed by atoms with Crippen LogP contribution in [0.25, 0.3) is 0 Å².